The maximum Gasteiger partial charge on any atom is 0.252 e. The van der Waals surface area contributed by atoms with Gasteiger partial charge in [0.1, 0.15) is 6.61 Å². The van der Waals surface area contributed by atoms with Gasteiger partial charge in [-0.25, -0.2) is 0 Å². The van der Waals surface area contributed by atoms with Gasteiger partial charge in [0.05, 0.1) is 19.2 Å². The smallest absolute Gasteiger partial charge is 0.252 e. The van der Waals surface area contributed by atoms with Crippen molar-refractivity contribution in [1.29, 1.82) is 0 Å². The van der Waals surface area contributed by atoms with Gasteiger partial charge >= 0.3 is 0 Å². The van der Waals surface area contributed by atoms with E-state index in [0.29, 0.717) is 24.6 Å². The lowest BCUT2D eigenvalue weighted by atomic mass is 10.0. The van der Waals surface area contributed by atoms with Gasteiger partial charge in [-0.15, -0.1) is 0 Å². The first-order valence-corrected chi connectivity index (χ1v) is 10.9. The van der Waals surface area contributed by atoms with Crippen molar-refractivity contribution in [1.82, 2.24) is 19.9 Å². The highest BCUT2D eigenvalue weighted by Crippen LogP contribution is 2.11. The number of hydrogen-bond acceptors (Lipinski definition) is 7. The lowest BCUT2D eigenvalue weighted by Gasteiger charge is -2.29. The Morgan fingerprint density at radius 2 is 1.94 bits per heavy atom. The van der Waals surface area contributed by atoms with Crippen LogP contribution in [0.4, 0.5) is 0 Å². The molecule has 9 nitrogen and oxygen atoms in total. The lowest BCUT2D eigenvalue weighted by molar-refractivity contribution is -0.138. The molecule has 1 aromatic carbocycles. The molecule has 0 fully saturated rings. The van der Waals surface area contributed by atoms with E-state index >= 15 is 0 Å². The number of nitrogens with zero attached hydrogens (tertiary/aromatic N) is 4. The second kappa shape index (κ2) is 12.3. The predicted molar refractivity (Wildman–Crippen MR) is 125 cm³/mol. The van der Waals surface area contributed by atoms with Crippen LogP contribution in [0.15, 0.2) is 47.0 Å². The molecule has 0 unspecified atom stereocenters. The molecule has 0 saturated heterocycles. The molecule has 0 aliphatic carbocycles. The van der Waals surface area contributed by atoms with Crippen molar-refractivity contribution in [2.75, 3.05) is 27.2 Å². The van der Waals surface area contributed by atoms with Crippen molar-refractivity contribution in [3.05, 3.63) is 59.8 Å². The van der Waals surface area contributed by atoms with Crippen molar-refractivity contribution in [3.8, 4) is 0 Å². The highest BCUT2D eigenvalue weighted by atomic mass is 16.5. The molecule has 2 rings (SSSR count). The van der Waals surface area contributed by atoms with Crippen LogP contribution >= 0.6 is 0 Å². The number of benzene rings is 1. The van der Waals surface area contributed by atoms with Gasteiger partial charge in [-0.1, -0.05) is 41.6 Å². The maximum atomic E-state index is 13.0. The summed E-state index contributed by atoms with van der Waals surface area (Å²) < 4.78 is 10.9. The number of hydrogen-bond donors (Lipinski definition) is 1. The Kier molecular flexibility index (Phi) is 9.74. The zero-order valence-electron chi connectivity index (χ0n) is 20.2. The van der Waals surface area contributed by atoms with Crippen LogP contribution in [0.25, 0.3) is 0 Å². The summed E-state index contributed by atoms with van der Waals surface area (Å²) in [6.07, 6.45) is 4.36. The molecule has 0 aliphatic heterocycles. The number of aromatic nitrogens is 2. The number of carbonyl (C=O) groups is 2. The molecule has 1 heterocycles. The molecule has 2 N–H and O–H groups in total. The molecule has 0 bridgehead atoms. The number of amides is 2. The van der Waals surface area contributed by atoms with Crippen molar-refractivity contribution in [3.63, 3.8) is 0 Å². The van der Waals surface area contributed by atoms with Gasteiger partial charge in [-0.3, -0.25) is 9.59 Å². The molecule has 1 atom stereocenters. The molecular weight excluding hydrogens is 422 g/mol. The first-order chi connectivity index (χ1) is 15.5. The Morgan fingerprint density at radius 3 is 2.55 bits per heavy atom. The van der Waals surface area contributed by atoms with E-state index < -0.39 is 5.54 Å². The molecule has 33 heavy (non-hydrogen) atoms. The van der Waals surface area contributed by atoms with Gasteiger partial charge in [-0.2, -0.15) is 4.98 Å². The maximum absolute atomic E-state index is 13.0. The Hall–Kier alpha value is -3.04. The van der Waals surface area contributed by atoms with Crippen LogP contribution in [0.3, 0.4) is 0 Å². The Labute approximate surface area is 195 Å². The minimum absolute atomic E-state index is 0.0418. The Bertz CT molecular complexity index is 920. The quantitative estimate of drug-likeness (QED) is 0.485. The SMILES string of the molecule is Cc1noc(COC[C@@H](Cc2ccccc2)N(C)C(=O)CN(C)C(=O)C=CCC(C)(C)N)n1. The summed E-state index contributed by atoms with van der Waals surface area (Å²) in [6.45, 7) is 5.91. The molecule has 180 valence electrons. The van der Waals surface area contributed by atoms with Crippen LogP contribution in [0.5, 0.6) is 0 Å². The van der Waals surface area contributed by atoms with Crippen LogP contribution in [-0.2, 0) is 27.4 Å². The van der Waals surface area contributed by atoms with E-state index in [9.17, 15) is 9.59 Å². The molecule has 9 heteroatoms. The highest BCUT2D eigenvalue weighted by molar-refractivity contribution is 5.91. The molecular formula is C24H35N5O4. The number of likely N-dealkylation sites (N-methyl/N-ethyl adjacent to an activating group) is 2. The highest BCUT2D eigenvalue weighted by Gasteiger charge is 2.23. The largest absolute Gasteiger partial charge is 0.369 e. The summed E-state index contributed by atoms with van der Waals surface area (Å²) in [4.78, 5) is 32.5. The second-order valence-corrected chi connectivity index (χ2v) is 8.89. The normalized spacial score (nSPS) is 12.7. The van der Waals surface area contributed by atoms with Gasteiger partial charge in [0, 0.05) is 19.6 Å². The summed E-state index contributed by atoms with van der Waals surface area (Å²) in [5, 5.41) is 3.75. The predicted octanol–water partition coefficient (Wildman–Crippen LogP) is 2.11. The van der Waals surface area contributed by atoms with Gasteiger partial charge in [0.2, 0.25) is 11.8 Å². The van der Waals surface area contributed by atoms with E-state index in [4.69, 9.17) is 15.0 Å². The third-order valence-corrected chi connectivity index (χ3v) is 5.01. The molecule has 0 radical (unpaired) electrons. The lowest BCUT2D eigenvalue weighted by Crippen LogP contribution is -2.46. The van der Waals surface area contributed by atoms with Crippen molar-refractivity contribution >= 4 is 11.8 Å². The van der Waals surface area contributed by atoms with E-state index in [2.05, 4.69) is 10.1 Å². The van der Waals surface area contributed by atoms with Gasteiger partial charge in [0.25, 0.3) is 5.89 Å². The first kappa shape index (κ1) is 26.2. The average Bonchev–Trinajstić information content (AvgIpc) is 3.17. The summed E-state index contributed by atoms with van der Waals surface area (Å²) in [6, 6.07) is 9.64. The molecule has 0 saturated carbocycles. The van der Waals surface area contributed by atoms with Crippen LogP contribution in [0, 0.1) is 6.92 Å². The third-order valence-electron chi connectivity index (χ3n) is 5.01. The molecule has 0 spiro atoms. The standard InChI is InChI=1S/C24H35N5O4/c1-18-26-21(33-27-18)17-32-16-20(14-19-10-7-6-8-11-19)29(5)23(31)15-28(4)22(30)12-9-13-24(2,3)25/h6-12,20H,13-17,25H2,1-5H3/t20-/m1/s1. The van der Waals surface area contributed by atoms with Crippen molar-refractivity contribution in [2.24, 2.45) is 5.73 Å². The number of rotatable bonds is 12. The van der Waals surface area contributed by atoms with Gasteiger partial charge < -0.3 is 24.8 Å². The molecule has 2 amide bonds. The zero-order valence-corrected chi connectivity index (χ0v) is 20.2. The van der Waals surface area contributed by atoms with Crippen molar-refractivity contribution < 1.29 is 18.8 Å². The number of aryl methyl sites for hydroxylation is 1. The molecule has 2 aromatic rings. The van der Waals surface area contributed by atoms with Crippen LogP contribution < -0.4 is 5.73 Å². The summed E-state index contributed by atoms with van der Waals surface area (Å²) in [5.74, 6) is 0.497. The fourth-order valence-electron chi connectivity index (χ4n) is 3.06. The minimum atomic E-state index is -0.393. The number of ether oxygens (including phenoxy) is 1. The molecule has 1 aromatic heterocycles. The topological polar surface area (TPSA) is 115 Å². The Morgan fingerprint density at radius 1 is 1.24 bits per heavy atom. The van der Waals surface area contributed by atoms with E-state index in [-0.39, 0.29) is 37.6 Å². The summed E-state index contributed by atoms with van der Waals surface area (Å²) in [5.41, 5.74) is 6.62. The average molecular weight is 458 g/mol. The Balaban J connectivity index is 1.98. The second-order valence-electron chi connectivity index (χ2n) is 8.89. The summed E-state index contributed by atoms with van der Waals surface area (Å²) in [7, 11) is 3.33. The minimum Gasteiger partial charge on any atom is -0.369 e. The van der Waals surface area contributed by atoms with Gasteiger partial charge in [-0.05, 0) is 45.3 Å². The molecule has 0 aliphatic rings. The first-order valence-electron chi connectivity index (χ1n) is 10.9. The fourth-order valence-corrected chi connectivity index (χ4v) is 3.06. The fraction of sp³-hybridized carbons (Fsp3) is 0.500. The van der Waals surface area contributed by atoms with E-state index in [1.54, 1.807) is 32.0 Å². The van der Waals surface area contributed by atoms with E-state index in [1.165, 1.54) is 11.0 Å². The van der Waals surface area contributed by atoms with E-state index in [1.807, 2.05) is 44.2 Å². The summed E-state index contributed by atoms with van der Waals surface area (Å²) >= 11 is 0. The number of carbonyl (C=O) groups excluding carboxylic acids is 2. The van der Waals surface area contributed by atoms with Crippen LogP contribution in [0.1, 0.15) is 37.5 Å². The zero-order chi connectivity index (χ0) is 24.4. The van der Waals surface area contributed by atoms with Gasteiger partial charge in [0.15, 0.2) is 5.82 Å². The van der Waals surface area contributed by atoms with Crippen LogP contribution in [-0.4, -0.2) is 70.6 Å². The monoisotopic (exact) mass is 457 g/mol. The van der Waals surface area contributed by atoms with E-state index in [0.717, 1.165) is 5.56 Å². The van der Waals surface area contributed by atoms with Crippen LogP contribution in [0.2, 0.25) is 0 Å². The van der Waals surface area contributed by atoms with Crippen molar-refractivity contribution in [2.45, 2.75) is 51.8 Å². The number of nitrogens with two attached hydrogens (primary N) is 1. The third kappa shape index (κ3) is 9.55.